The average molecular weight is 301 g/mol. The Morgan fingerprint density at radius 1 is 1.32 bits per heavy atom. The molecule has 0 spiro atoms. The minimum Gasteiger partial charge on any atom is -0.459 e. The van der Waals surface area contributed by atoms with Crippen molar-refractivity contribution >= 4 is 17.0 Å². The van der Waals surface area contributed by atoms with E-state index < -0.39 is 0 Å². The quantitative estimate of drug-likeness (QED) is 0.809. The molecule has 118 valence electrons. The molecule has 0 saturated heterocycles. The number of carbonyl (C=O) groups excluding carboxylic acids is 1. The second kappa shape index (κ2) is 6.07. The highest BCUT2D eigenvalue weighted by atomic mass is 16.5. The van der Waals surface area contributed by atoms with Crippen molar-refractivity contribution in [3.63, 3.8) is 0 Å². The third-order valence-electron chi connectivity index (χ3n) is 4.29. The monoisotopic (exact) mass is 301 g/mol. The molecule has 3 rings (SSSR count). The van der Waals surface area contributed by atoms with Gasteiger partial charge in [-0.2, -0.15) is 5.10 Å². The van der Waals surface area contributed by atoms with Gasteiger partial charge in [-0.05, 0) is 52.5 Å². The standard InChI is InChI=1S/C17H23N3O2/c1-11(2)20-16-13(10-18-20)9-15(12(3)19-16)17(21)22-14-7-5-4-6-8-14/h9-11,14H,4-8H2,1-3H3. The van der Waals surface area contributed by atoms with Gasteiger partial charge >= 0.3 is 5.97 Å². The van der Waals surface area contributed by atoms with Gasteiger partial charge in [0, 0.05) is 11.4 Å². The van der Waals surface area contributed by atoms with Crippen molar-refractivity contribution in [2.45, 2.75) is 65.0 Å². The Balaban J connectivity index is 1.87. The molecular formula is C17H23N3O2. The predicted octanol–water partition coefficient (Wildman–Crippen LogP) is 3.81. The molecule has 0 unspecified atom stereocenters. The largest absolute Gasteiger partial charge is 0.459 e. The Labute approximate surface area is 130 Å². The first-order valence-corrected chi connectivity index (χ1v) is 8.12. The van der Waals surface area contributed by atoms with Crippen molar-refractivity contribution in [1.29, 1.82) is 0 Å². The Bertz CT molecular complexity index is 685. The van der Waals surface area contributed by atoms with Crippen LogP contribution < -0.4 is 0 Å². The van der Waals surface area contributed by atoms with E-state index in [0.717, 1.165) is 36.7 Å². The van der Waals surface area contributed by atoms with Gasteiger partial charge in [0.05, 0.1) is 17.5 Å². The molecule has 0 atom stereocenters. The molecule has 5 heteroatoms. The van der Waals surface area contributed by atoms with Crippen LogP contribution in [0.5, 0.6) is 0 Å². The number of esters is 1. The van der Waals surface area contributed by atoms with E-state index >= 15 is 0 Å². The molecule has 0 bridgehead atoms. The highest BCUT2D eigenvalue weighted by molar-refractivity contribution is 5.94. The number of fused-ring (bicyclic) bond motifs is 1. The van der Waals surface area contributed by atoms with Crippen LogP contribution >= 0.6 is 0 Å². The van der Waals surface area contributed by atoms with Crippen LogP contribution in [0.25, 0.3) is 11.0 Å². The summed E-state index contributed by atoms with van der Waals surface area (Å²) in [6, 6.07) is 2.10. The van der Waals surface area contributed by atoms with Gasteiger partial charge in [0.1, 0.15) is 6.10 Å². The van der Waals surface area contributed by atoms with E-state index in [0.29, 0.717) is 11.3 Å². The Morgan fingerprint density at radius 3 is 2.73 bits per heavy atom. The SMILES string of the molecule is Cc1nc2c(cnn2C(C)C)cc1C(=O)OC1CCCCC1. The van der Waals surface area contributed by atoms with E-state index in [2.05, 4.69) is 23.9 Å². The van der Waals surface area contributed by atoms with E-state index in [1.807, 2.05) is 17.7 Å². The Kier molecular flexibility index (Phi) is 4.14. The molecule has 0 amide bonds. The molecule has 0 N–H and O–H groups in total. The summed E-state index contributed by atoms with van der Waals surface area (Å²) in [6.45, 7) is 5.98. The summed E-state index contributed by atoms with van der Waals surface area (Å²) in [6.07, 6.45) is 7.32. The van der Waals surface area contributed by atoms with Crippen molar-refractivity contribution < 1.29 is 9.53 Å². The first-order chi connectivity index (χ1) is 10.6. The molecule has 1 fully saturated rings. The van der Waals surface area contributed by atoms with E-state index in [-0.39, 0.29) is 18.1 Å². The molecule has 22 heavy (non-hydrogen) atoms. The van der Waals surface area contributed by atoms with Crippen molar-refractivity contribution in [3.8, 4) is 0 Å². The van der Waals surface area contributed by atoms with E-state index in [9.17, 15) is 4.79 Å². The molecule has 1 aliphatic rings. The highest BCUT2D eigenvalue weighted by Crippen LogP contribution is 2.24. The van der Waals surface area contributed by atoms with Crippen LogP contribution in [0.4, 0.5) is 0 Å². The number of pyridine rings is 1. The maximum atomic E-state index is 12.4. The minimum absolute atomic E-state index is 0.0646. The number of aromatic nitrogens is 3. The third-order valence-corrected chi connectivity index (χ3v) is 4.29. The number of nitrogens with zero attached hydrogens (tertiary/aromatic N) is 3. The van der Waals surface area contributed by atoms with Crippen LogP contribution in [-0.4, -0.2) is 26.8 Å². The molecule has 1 aliphatic carbocycles. The van der Waals surface area contributed by atoms with Gasteiger partial charge in [0.25, 0.3) is 0 Å². The zero-order chi connectivity index (χ0) is 15.7. The fourth-order valence-electron chi connectivity index (χ4n) is 3.05. The van der Waals surface area contributed by atoms with Gasteiger partial charge in [0.15, 0.2) is 5.65 Å². The zero-order valence-electron chi connectivity index (χ0n) is 13.5. The smallest absolute Gasteiger partial charge is 0.340 e. The summed E-state index contributed by atoms with van der Waals surface area (Å²) >= 11 is 0. The van der Waals surface area contributed by atoms with Crippen LogP contribution in [0.3, 0.4) is 0 Å². The summed E-state index contributed by atoms with van der Waals surface area (Å²) in [7, 11) is 0. The number of ether oxygens (including phenoxy) is 1. The van der Waals surface area contributed by atoms with Crippen LogP contribution in [0.15, 0.2) is 12.3 Å². The van der Waals surface area contributed by atoms with Crippen LogP contribution in [-0.2, 0) is 4.74 Å². The van der Waals surface area contributed by atoms with Crippen LogP contribution in [0, 0.1) is 6.92 Å². The molecule has 2 heterocycles. The molecule has 2 aromatic heterocycles. The molecule has 5 nitrogen and oxygen atoms in total. The summed E-state index contributed by atoms with van der Waals surface area (Å²) in [5.74, 6) is -0.254. The van der Waals surface area contributed by atoms with Crippen molar-refractivity contribution in [2.75, 3.05) is 0 Å². The first kappa shape index (κ1) is 15.0. The lowest BCUT2D eigenvalue weighted by atomic mass is 9.98. The van der Waals surface area contributed by atoms with Crippen molar-refractivity contribution in [3.05, 3.63) is 23.5 Å². The van der Waals surface area contributed by atoms with E-state index in [4.69, 9.17) is 4.74 Å². The van der Waals surface area contributed by atoms with Crippen LogP contribution in [0.2, 0.25) is 0 Å². The summed E-state index contributed by atoms with van der Waals surface area (Å²) in [4.78, 5) is 17.0. The molecule has 0 radical (unpaired) electrons. The predicted molar refractivity (Wildman–Crippen MR) is 84.9 cm³/mol. The maximum absolute atomic E-state index is 12.4. The molecule has 0 aromatic carbocycles. The van der Waals surface area contributed by atoms with Gasteiger partial charge in [-0.1, -0.05) is 6.42 Å². The first-order valence-electron chi connectivity index (χ1n) is 8.12. The van der Waals surface area contributed by atoms with Crippen molar-refractivity contribution in [1.82, 2.24) is 14.8 Å². The number of rotatable bonds is 3. The summed E-state index contributed by atoms with van der Waals surface area (Å²) in [5.41, 5.74) is 2.08. The number of carbonyl (C=O) groups is 1. The lowest BCUT2D eigenvalue weighted by molar-refractivity contribution is 0.0210. The second-order valence-electron chi connectivity index (χ2n) is 6.38. The lowest BCUT2D eigenvalue weighted by Crippen LogP contribution is -2.21. The van der Waals surface area contributed by atoms with Gasteiger partial charge in [-0.15, -0.1) is 0 Å². The van der Waals surface area contributed by atoms with Gasteiger partial charge < -0.3 is 4.74 Å². The third kappa shape index (κ3) is 2.85. The van der Waals surface area contributed by atoms with Gasteiger partial charge in [-0.25, -0.2) is 14.5 Å². The second-order valence-corrected chi connectivity index (χ2v) is 6.38. The Hall–Kier alpha value is -1.91. The molecular weight excluding hydrogens is 278 g/mol. The molecule has 1 saturated carbocycles. The van der Waals surface area contributed by atoms with Gasteiger partial charge in [-0.3, -0.25) is 0 Å². The fraction of sp³-hybridized carbons (Fsp3) is 0.588. The number of hydrogen-bond donors (Lipinski definition) is 0. The minimum atomic E-state index is -0.254. The van der Waals surface area contributed by atoms with E-state index in [1.54, 1.807) is 6.20 Å². The summed E-state index contributed by atoms with van der Waals surface area (Å²) < 4.78 is 7.53. The van der Waals surface area contributed by atoms with Crippen LogP contribution in [0.1, 0.15) is 68.0 Å². The average Bonchev–Trinajstić information content (AvgIpc) is 2.90. The number of aryl methyl sites for hydroxylation is 1. The normalized spacial score (nSPS) is 16.4. The van der Waals surface area contributed by atoms with Gasteiger partial charge in [0.2, 0.25) is 0 Å². The molecule has 2 aromatic rings. The number of hydrogen-bond acceptors (Lipinski definition) is 4. The topological polar surface area (TPSA) is 57.0 Å². The Morgan fingerprint density at radius 2 is 2.05 bits per heavy atom. The van der Waals surface area contributed by atoms with Crippen molar-refractivity contribution in [2.24, 2.45) is 0 Å². The summed E-state index contributed by atoms with van der Waals surface area (Å²) in [5, 5.41) is 5.24. The zero-order valence-corrected chi connectivity index (χ0v) is 13.5. The fourth-order valence-corrected chi connectivity index (χ4v) is 3.05. The van der Waals surface area contributed by atoms with E-state index in [1.165, 1.54) is 6.42 Å². The lowest BCUT2D eigenvalue weighted by Gasteiger charge is -2.22. The maximum Gasteiger partial charge on any atom is 0.340 e. The molecule has 0 aliphatic heterocycles. The highest BCUT2D eigenvalue weighted by Gasteiger charge is 2.21.